The summed E-state index contributed by atoms with van der Waals surface area (Å²) < 4.78 is 20.4. The van der Waals surface area contributed by atoms with Gasteiger partial charge in [0.2, 0.25) is 0 Å². The Bertz CT molecular complexity index is 1350. The summed E-state index contributed by atoms with van der Waals surface area (Å²) in [4.78, 5) is 17.2. The zero-order chi connectivity index (χ0) is 24.9. The maximum absolute atomic E-state index is 13.6. The molecule has 0 aliphatic heterocycles. The van der Waals surface area contributed by atoms with E-state index >= 15 is 0 Å². The second kappa shape index (κ2) is 10.4. The van der Waals surface area contributed by atoms with Gasteiger partial charge < -0.3 is 14.1 Å². The van der Waals surface area contributed by atoms with Crippen molar-refractivity contribution in [2.24, 2.45) is 5.16 Å². The lowest BCUT2D eigenvalue weighted by molar-refractivity contribution is 0.0600. The molecule has 0 radical (unpaired) electrons. The first-order valence-electron chi connectivity index (χ1n) is 11.3. The molecular formula is C29H27FN2O3. The van der Waals surface area contributed by atoms with Gasteiger partial charge in [-0.15, -0.1) is 0 Å². The number of benzene rings is 3. The van der Waals surface area contributed by atoms with Crippen molar-refractivity contribution >= 4 is 11.7 Å². The molecule has 0 atom stereocenters. The Hall–Kier alpha value is -4.19. The minimum atomic E-state index is -0.378. The number of esters is 1. The summed E-state index contributed by atoms with van der Waals surface area (Å²) >= 11 is 0. The third kappa shape index (κ3) is 5.32. The van der Waals surface area contributed by atoms with Gasteiger partial charge in [0, 0.05) is 16.9 Å². The Balaban J connectivity index is 1.62. The lowest BCUT2D eigenvalue weighted by Gasteiger charge is -2.13. The molecule has 3 aromatic carbocycles. The predicted molar refractivity (Wildman–Crippen MR) is 135 cm³/mol. The molecule has 35 heavy (non-hydrogen) atoms. The van der Waals surface area contributed by atoms with Crippen LogP contribution in [0, 0.1) is 19.7 Å². The van der Waals surface area contributed by atoms with E-state index in [2.05, 4.69) is 47.0 Å². The van der Waals surface area contributed by atoms with Crippen molar-refractivity contribution in [3.8, 4) is 16.9 Å². The highest BCUT2D eigenvalue weighted by molar-refractivity contribution is 6.01. The molecular weight excluding hydrogens is 443 g/mol. The molecule has 0 bridgehead atoms. The van der Waals surface area contributed by atoms with Crippen LogP contribution in [0.2, 0.25) is 0 Å². The molecule has 1 aromatic heterocycles. The number of carbonyl (C=O) groups is 1. The lowest BCUT2D eigenvalue weighted by Crippen LogP contribution is -2.03. The van der Waals surface area contributed by atoms with Crippen LogP contribution in [0.3, 0.4) is 0 Å². The number of nitrogens with zero attached hydrogens (tertiary/aromatic N) is 2. The summed E-state index contributed by atoms with van der Waals surface area (Å²) in [5.41, 5.74) is 8.06. The Labute approximate surface area is 204 Å². The SMILES string of the molecule is COC(=O)c1ccc(CON=C(C)c2cc(-c3ccc(F)cc3)n(-c3ccc(C)cc3)c2C)cc1. The van der Waals surface area contributed by atoms with Crippen LogP contribution in [0.5, 0.6) is 0 Å². The van der Waals surface area contributed by atoms with E-state index in [4.69, 9.17) is 9.57 Å². The molecule has 5 nitrogen and oxygen atoms in total. The Morgan fingerprint density at radius 1 is 0.943 bits per heavy atom. The van der Waals surface area contributed by atoms with Crippen LogP contribution in [0.15, 0.2) is 84.0 Å². The maximum atomic E-state index is 13.6. The van der Waals surface area contributed by atoms with Gasteiger partial charge in [0.15, 0.2) is 0 Å². The zero-order valence-electron chi connectivity index (χ0n) is 20.2. The number of aromatic nitrogens is 1. The number of oxime groups is 1. The van der Waals surface area contributed by atoms with Crippen molar-refractivity contribution < 1.29 is 18.8 Å². The maximum Gasteiger partial charge on any atom is 0.337 e. The molecule has 4 aromatic rings. The molecule has 0 aliphatic carbocycles. The summed E-state index contributed by atoms with van der Waals surface area (Å²) in [5, 5.41) is 4.35. The average Bonchev–Trinajstić information content (AvgIpc) is 3.22. The first-order chi connectivity index (χ1) is 16.9. The minimum absolute atomic E-state index is 0.265. The van der Waals surface area contributed by atoms with Gasteiger partial charge in [-0.05, 0) is 86.5 Å². The van der Waals surface area contributed by atoms with Crippen molar-refractivity contribution in [2.45, 2.75) is 27.4 Å². The van der Waals surface area contributed by atoms with E-state index in [1.165, 1.54) is 24.8 Å². The van der Waals surface area contributed by atoms with Crippen LogP contribution in [0.1, 0.15) is 39.7 Å². The van der Waals surface area contributed by atoms with E-state index < -0.39 is 0 Å². The molecule has 0 fully saturated rings. The standard InChI is InChI=1S/C29H27FN2O3/c1-19-5-15-26(16-6-19)32-21(3)27(17-28(32)23-11-13-25(30)14-12-23)20(2)31-35-18-22-7-9-24(10-8-22)29(33)34-4/h5-17H,18H2,1-4H3. The number of aryl methyl sites for hydroxylation is 1. The first kappa shape index (κ1) is 24.0. The highest BCUT2D eigenvalue weighted by atomic mass is 19.1. The largest absolute Gasteiger partial charge is 0.465 e. The van der Waals surface area contributed by atoms with Crippen molar-refractivity contribution in [2.75, 3.05) is 7.11 Å². The quantitative estimate of drug-likeness (QED) is 0.173. The molecule has 178 valence electrons. The summed E-state index contributed by atoms with van der Waals surface area (Å²) in [6, 6.07) is 23.8. The highest BCUT2D eigenvalue weighted by Crippen LogP contribution is 2.30. The Morgan fingerprint density at radius 3 is 2.23 bits per heavy atom. The molecule has 0 aliphatic rings. The Kier molecular flexibility index (Phi) is 7.11. The van der Waals surface area contributed by atoms with Gasteiger partial charge in [-0.3, -0.25) is 0 Å². The fourth-order valence-corrected chi connectivity index (χ4v) is 3.94. The number of rotatable bonds is 7. The molecule has 6 heteroatoms. The van der Waals surface area contributed by atoms with Gasteiger partial charge in [0.25, 0.3) is 0 Å². The topological polar surface area (TPSA) is 52.8 Å². The lowest BCUT2D eigenvalue weighted by atomic mass is 10.1. The van der Waals surface area contributed by atoms with Crippen LogP contribution in [0.25, 0.3) is 16.9 Å². The third-order valence-corrected chi connectivity index (χ3v) is 5.88. The van der Waals surface area contributed by atoms with Crippen LogP contribution < -0.4 is 0 Å². The minimum Gasteiger partial charge on any atom is -0.465 e. The van der Waals surface area contributed by atoms with Gasteiger partial charge in [0.05, 0.1) is 24.1 Å². The molecule has 0 spiro atoms. The van der Waals surface area contributed by atoms with E-state index in [-0.39, 0.29) is 18.4 Å². The number of methoxy groups -OCH3 is 1. The summed E-state index contributed by atoms with van der Waals surface area (Å²) in [7, 11) is 1.35. The highest BCUT2D eigenvalue weighted by Gasteiger charge is 2.17. The summed E-state index contributed by atoms with van der Waals surface area (Å²) in [6.45, 7) is 6.25. The first-order valence-corrected chi connectivity index (χ1v) is 11.3. The van der Waals surface area contributed by atoms with E-state index in [0.29, 0.717) is 5.56 Å². The van der Waals surface area contributed by atoms with E-state index in [1.54, 1.807) is 24.3 Å². The molecule has 0 unspecified atom stereocenters. The molecule has 0 saturated carbocycles. The van der Waals surface area contributed by atoms with Gasteiger partial charge >= 0.3 is 5.97 Å². The van der Waals surface area contributed by atoms with Crippen LogP contribution in [-0.4, -0.2) is 23.4 Å². The van der Waals surface area contributed by atoms with E-state index in [0.717, 1.165) is 39.5 Å². The van der Waals surface area contributed by atoms with Crippen molar-refractivity contribution in [1.29, 1.82) is 0 Å². The van der Waals surface area contributed by atoms with Crippen molar-refractivity contribution in [3.05, 3.63) is 113 Å². The molecule has 0 amide bonds. The fraction of sp³-hybridized carbons (Fsp3) is 0.172. The molecule has 0 saturated heterocycles. The fourth-order valence-electron chi connectivity index (χ4n) is 3.94. The van der Waals surface area contributed by atoms with E-state index in [1.807, 2.05) is 26.0 Å². The molecule has 4 rings (SSSR count). The summed E-state index contributed by atoms with van der Waals surface area (Å²) in [6.07, 6.45) is 0. The third-order valence-electron chi connectivity index (χ3n) is 5.88. The van der Waals surface area contributed by atoms with Crippen LogP contribution in [-0.2, 0) is 16.2 Å². The van der Waals surface area contributed by atoms with Crippen molar-refractivity contribution in [3.63, 3.8) is 0 Å². The molecule has 1 heterocycles. The number of halogens is 1. The average molecular weight is 471 g/mol. The van der Waals surface area contributed by atoms with Gasteiger partial charge in [-0.2, -0.15) is 0 Å². The number of ether oxygens (including phenoxy) is 1. The number of hydrogen-bond acceptors (Lipinski definition) is 4. The second-order valence-corrected chi connectivity index (χ2v) is 8.35. The van der Waals surface area contributed by atoms with Crippen molar-refractivity contribution in [1.82, 2.24) is 4.57 Å². The van der Waals surface area contributed by atoms with Gasteiger partial charge in [-0.25, -0.2) is 9.18 Å². The summed E-state index contributed by atoms with van der Waals surface area (Å²) in [5.74, 6) is -0.651. The van der Waals surface area contributed by atoms with Crippen LogP contribution >= 0.6 is 0 Å². The monoisotopic (exact) mass is 470 g/mol. The van der Waals surface area contributed by atoms with Crippen LogP contribution in [0.4, 0.5) is 4.39 Å². The predicted octanol–water partition coefficient (Wildman–Crippen LogP) is 6.63. The number of hydrogen-bond donors (Lipinski definition) is 0. The van der Waals surface area contributed by atoms with Gasteiger partial charge in [-0.1, -0.05) is 35.0 Å². The second-order valence-electron chi connectivity index (χ2n) is 8.35. The number of carbonyl (C=O) groups excluding carboxylic acids is 1. The van der Waals surface area contributed by atoms with E-state index in [9.17, 15) is 9.18 Å². The smallest absolute Gasteiger partial charge is 0.337 e. The van der Waals surface area contributed by atoms with Gasteiger partial charge in [0.1, 0.15) is 12.4 Å². The molecule has 0 N–H and O–H groups in total. The zero-order valence-corrected chi connectivity index (χ0v) is 20.2. The normalized spacial score (nSPS) is 11.4. The Morgan fingerprint density at radius 2 is 1.60 bits per heavy atom.